The van der Waals surface area contributed by atoms with Crippen molar-refractivity contribution in [3.63, 3.8) is 0 Å². The number of hydrogen-bond acceptors (Lipinski definition) is 4. The fourth-order valence-corrected chi connectivity index (χ4v) is 4.91. The molecule has 108 valence electrons. The largest absolute Gasteiger partial charge is 0.316 e. The van der Waals surface area contributed by atoms with Crippen molar-refractivity contribution in [2.24, 2.45) is 5.41 Å². The van der Waals surface area contributed by atoms with Crippen molar-refractivity contribution in [2.75, 3.05) is 52.9 Å². The van der Waals surface area contributed by atoms with Gasteiger partial charge in [0.2, 0.25) is 0 Å². The average Bonchev–Trinajstić information content (AvgIpc) is 2.36. The lowest BCUT2D eigenvalue weighted by Gasteiger charge is -2.59. The van der Waals surface area contributed by atoms with Crippen LogP contribution in [0.15, 0.2) is 0 Å². The van der Waals surface area contributed by atoms with E-state index in [1.165, 1.54) is 71.5 Å². The molecule has 2 N–H and O–H groups in total. The smallest absolute Gasteiger partial charge is 0.0438 e. The molecule has 4 nitrogen and oxygen atoms in total. The first-order valence-electron chi connectivity index (χ1n) is 8.07. The highest BCUT2D eigenvalue weighted by Crippen LogP contribution is 2.40. The Morgan fingerprint density at radius 2 is 1.95 bits per heavy atom. The van der Waals surface area contributed by atoms with Crippen molar-refractivity contribution < 1.29 is 0 Å². The number of nitrogens with zero attached hydrogens (tertiary/aromatic N) is 2. The number of hydrogen-bond donors (Lipinski definition) is 2. The van der Waals surface area contributed by atoms with Crippen LogP contribution in [0.3, 0.4) is 0 Å². The maximum atomic E-state index is 3.85. The van der Waals surface area contributed by atoms with E-state index < -0.39 is 0 Å². The van der Waals surface area contributed by atoms with Gasteiger partial charge in [0.15, 0.2) is 0 Å². The summed E-state index contributed by atoms with van der Waals surface area (Å²) in [7, 11) is 2.23. The van der Waals surface area contributed by atoms with E-state index in [1.54, 1.807) is 0 Å². The van der Waals surface area contributed by atoms with Crippen molar-refractivity contribution >= 4 is 0 Å². The predicted molar refractivity (Wildman–Crippen MR) is 77.4 cm³/mol. The minimum absolute atomic E-state index is 0.486. The second kappa shape index (κ2) is 4.42. The van der Waals surface area contributed by atoms with Crippen molar-refractivity contribution in [1.29, 1.82) is 0 Å². The van der Waals surface area contributed by atoms with Gasteiger partial charge < -0.3 is 15.5 Å². The summed E-state index contributed by atoms with van der Waals surface area (Å²) in [6.07, 6.45) is 5.62. The van der Waals surface area contributed by atoms with E-state index in [0.717, 1.165) is 6.04 Å². The number of likely N-dealkylation sites (N-methyl/N-ethyl adjacent to an activating group) is 1. The van der Waals surface area contributed by atoms with Crippen LogP contribution in [0.25, 0.3) is 0 Å². The summed E-state index contributed by atoms with van der Waals surface area (Å²) in [5.41, 5.74) is 1.13. The SMILES string of the molecule is CN1CC2(CC[C@@H](N3CC4(CCCNC4)C3)CN2)C1. The zero-order chi connectivity index (χ0) is 12.9. The van der Waals surface area contributed by atoms with E-state index in [4.69, 9.17) is 0 Å². The Kier molecular flexibility index (Phi) is 2.92. The average molecular weight is 264 g/mol. The minimum atomic E-state index is 0.486. The molecule has 2 spiro atoms. The van der Waals surface area contributed by atoms with Gasteiger partial charge in [-0.25, -0.2) is 0 Å². The van der Waals surface area contributed by atoms with E-state index >= 15 is 0 Å². The van der Waals surface area contributed by atoms with Crippen molar-refractivity contribution in [2.45, 2.75) is 37.3 Å². The summed E-state index contributed by atoms with van der Waals surface area (Å²) < 4.78 is 0. The van der Waals surface area contributed by atoms with Gasteiger partial charge in [0.25, 0.3) is 0 Å². The van der Waals surface area contributed by atoms with Crippen LogP contribution in [0.2, 0.25) is 0 Å². The third-order valence-corrected chi connectivity index (χ3v) is 5.97. The Bertz CT molecular complexity index is 326. The van der Waals surface area contributed by atoms with E-state index in [-0.39, 0.29) is 0 Å². The summed E-state index contributed by atoms with van der Waals surface area (Å²) in [6, 6.07) is 0.809. The summed E-state index contributed by atoms with van der Waals surface area (Å²) in [4.78, 5) is 5.18. The topological polar surface area (TPSA) is 30.5 Å². The lowest BCUT2D eigenvalue weighted by Crippen LogP contribution is -2.73. The molecule has 4 rings (SSSR count). The molecule has 1 atom stereocenters. The molecule has 4 aliphatic heterocycles. The van der Waals surface area contributed by atoms with E-state index in [0.29, 0.717) is 11.0 Å². The summed E-state index contributed by atoms with van der Waals surface area (Å²) in [5.74, 6) is 0. The molecule has 19 heavy (non-hydrogen) atoms. The van der Waals surface area contributed by atoms with Gasteiger partial charge in [-0.1, -0.05) is 0 Å². The third-order valence-electron chi connectivity index (χ3n) is 5.97. The Hall–Kier alpha value is -0.160. The van der Waals surface area contributed by atoms with Crippen LogP contribution in [0.1, 0.15) is 25.7 Å². The van der Waals surface area contributed by atoms with E-state index in [1.807, 2.05) is 0 Å². The van der Waals surface area contributed by atoms with Crippen LogP contribution in [0.5, 0.6) is 0 Å². The third kappa shape index (κ3) is 2.13. The molecule has 4 saturated heterocycles. The van der Waals surface area contributed by atoms with Gasteiger partial charge in [0, 0.05) is 56.3 Å². The van der Waals surface area contributed by atoms with Gasteiger partial charge in [0.1, 0.15) is 0 Å². The second-order valence-corrected chi connectivity index (χ2v) is 7.71. The molecule has 4 fully saturated rings. The van der Waals surface area contributed by atoms with Crippen LogP contribution in [-0.4, -0.2) is 74.2 Å². The fraction of sp³-hybridized carbons (Fsp3) is 1.00. The van der Waals surface area contributed by atoms with Crippen LogP contribution in [0, 0.1) is 5.41 Å². The maximum Gasteiger partial charge on any atom is 0.0438 e. The van der Waals surface area contributed by atoms with Crippen LogP contribution in [0.4, 0.5) is 0 Å². The zero-order valence-corrected chi connectivity index (χ0v) is 12.2. The summed E-state index contributed by atoms with van der Waals surface area (Å²) in [5, 5.41) is 7.44. The highest BCUT2D eigenvalue weighted by molar-refractivity contribution is 5.08. The lowest BCUT2D eigenvalue weighted by atomic mass is 9.72. The summed E-state index contributed by atoms with van der Waals surface area (Å²) >= 11 is 0. The van der Waals surface area contributed by atoms with Crippen LogP contribution >= 0.6 is 0 Å². The first kappa shape index (κ1) is 12.6. The molecular weight excluding hydrogens is 236 g/mol. The van der Waals surface area contributed by atoms with Gasteiger partial charge in [0.05, 0.1) is 0 Å². The Morgan fingerprint density at radius 1 is 1.11 bits per heavy atom. The molecule has 0 saturated carbocycles. The predicted octanol–water partition coefficient (Wildman–Crippen LogP) is 0.108. The molecule has 0 aromatic rings. The molecule has 0 aromatic heterocycles. The normalized spacial score (nSPS) is 38.1. The highest BCUT2D eigenvalue weighted by Gasteiger charge is 2.49. The fourth-order valence-electron chi connectivity index (χ4n) is 4.91. The van der Waals surface area contributed by atoms with Gasteiger partial charge in [-0.2, -0.15) is 0 Å². The molecular formula is C15H28N4. The van der Waals surface area contributed by atoms with Gasteiger partial charge >= 0.3 is 0 Å². The van der Waals surface area contributed by atoms with Crippen molar-refractivity contribution in [1.82, 2.24) is 20.4 Å². The molecule has 4 heterocycles. The standard InChI is InChI=1S/C15H28N4/c1-18-11-15(12-18)5-3-13(7-17-15)19-9-14(10-19)4-2-6-16-8-14/h13,16-17H,2-12H2,1H3/t13-/m1/s1. The van der Waals surface area contributed by atoms with E-state index in [2.05, 4.69) is 27.5 Å². The van der Waals surface area contributed by atoms with Gasteiger partial charge in [-0.05, 0) is 39.3 Å². The maximum absolute atomic E-state index is 3.85. The Labute approximate surface area is 116 Å². The van der Waals surface area contributed by atoms with Crippen molar-refractivity contribution in [3.05, 3.63) is 0 Å². The molecule has 0 aromatic carbocycles. The Morgan fingerprint density at radius 3 is 2.53 bits per heavy atom. The molecule has 0 bridgehead atoms. The molecule has 0 radical (unpaired) electrons. The Balaban J connectivity index is 1.27. The van der Waals surface area contributed by atoms with Crippen LogP contribution in [-0.2, 0) is 0 Å². The van der Waals surface area contributed by atoms with E-state index in [9.17, 15) is 0 Å². The molecule has 4 heteroatoms. The first-order valence-corrected chi connectivity index (χ1v) is 8.07. The highest BCUT2D eigenvalue weighted by atomic mass is 15.3. The molecule has 0 unspecified atom stereocenters. The minimum Gasteiger partial charge on any atom is -0.316 e. The first-order chi connectivity index (χ1) is 9.19. The number of rotatable bonds is 1. The lowest BCUT2D eigenvalue weighted by molar-refractivity contribution is -0.0677. The van der Waals surface area contributed by atoms with Gasteiger partial charge in [-0.3, -0.25) is 4.90 Å². The quantitative estimate of drug-likeness (QED) is 0.704. The zero-order valence-electron chi connectivity index (χ0n) is 12.2. The van der Waals surface area contributed by atoms with Crippen molar-refractivity contribution in [3.8, 4) is 0 Å². The number of likely N-dealkylation sites (tertiary alicyclic amines) is 2. The number of nitrogens with one attached hydrogen (secondary N) is 2. The molecule has 0 aliphatic carbocycles. The molecule has 0 amide bonds. The summed E-state index contributed by atoms with van der Waals surface area (Å²) in [6.45, 7) is 8.93. The molecule has 4 aliphatic rings. The van der Waals surface area contributed by atoms with Gasteiger partial charge in [-0.15, -0.1) is 0 Å². The number of piperidine rings is 2. The second-order valence-electron chi connectivity index (χ2n) is 7.71. The monoisotopic (exact) mass is 264 g/mol. The van der Waals surface area contributed by atoms with Crippen LogP contribution < -0.4 is 10.6 Å².